The van der Waals surface area contributed by atoms with Crippen molar-refractivity contribution in [1.82, 2.24) is 9.80 Å². The third kappa shape index (κ3) is 3.07. The van der Waals surface area contributed by atoms with E-state index in [1.165, 1.54) is 0 Å². The normalized spacial score (nSPS) is 20.3. The summed E-state index contributed by atoms with van der Waals surface area (Å²) < 4.78 is 0. The van der Waals surface area contributed by atoms with Crippen molar-refractivity contribution >= 4 is 11.6 Å². The van der Waals surface area contributed by atoms with Crippen LogP contribution in [0.4, 0.5) is 5.69 Å². The predicted octanol–water partition coefficient (Wildman–Crippen LogP) is 1.74. The van der Waals surface area contributed by atoms with Crippen LogP contribution in [0.2, 0.25) is 0 Å². The fourth-order valence-electron chi connectivity index (χ4n) is 2.63. The Bertz CT molecular complexity index is 472. The molecule has 1 amide bonds. The monoisotopic (exact) mass is 261 g/mol. The SMILES string of the molecule is Cc1cc(C(=O)N(C)C2CCCN(C)C2)ccc1N. The van der Waals surface area contributed by atoms with Gasteiger partial charge in [0.15, 0.2) is 0 Å². The smallest absolute Gasteiger partial charge is 0.253 e. The molecule has 1 fully saturated rings. The first-order valence-electron chi connectivity index (χ1n) is 6.81. The number of anilines is 1. The number of piperidine rings is 1. The van der Waals surface area contributed by atoms with Gasteiger partial charge in [-0.2, -0.15) is 0 Å². The van der Waals surface area contributed by atoms with Gasteiger partial charge in [-0.05, 0) is 57.1 Å². The molecule has 1 saturated heterocycles. The first-order chi connectivity index (χ1) is 8.99. The minimum atomic E-state index is 0.0865. The molecule has 0 saturated carbocycles. The summed E-state index contributed by atoms with van der Waals surface area (Å²) in [5.74, 6) is 0.0865. The summed E-state index contributed by atoms with van der Waals surface area (Å²) in [6.45, 7) is 4.01. The number of rotatable bonds is 2. The van der Waals surface area contributed by atoms with Crippen LogP contribution in [0.25, 0.3) is 0 Å². The number of carbonyl (C=O) groups is 1. The van der Waals surface area contributed by atoms with E-state index in [9.17, 15) is 4.79 Å². The number of amides is 1. The number of likely N-dealkylation sites (tertiary alicyclic amines) is 1. The summed E-state index contributed by atoms with van der Waals surface area (Å²) in [6.07, 6.45) is 2.24. The molecule has 2 N–H and O–H groups in total. The van der Waals surface area contributed by atoms with E-state index in [4.69, 9.17) is 5.73 Å². The Balaban J connectivity index is 2.11. The average molecular weight is 261 g/mol. The van der Waals surface area contributed by atoms with E-state index in [0.29, 0.717) is 6.04 Å². The minimum Gasteiger partial charge on any atom is -0.399 e. The van der Waals surface area contributed by atoms with Crippen molar-refractivity contribution in [2.24, 2.45) is 0 Å². The van der Waals surface area contributed by atoms with E-state index in [-0.39, 0.29) is 5.91 Å². The molecule has 0 spiro atoms. The van der Waals surface area contributed by atoms with Gasteiger partial charge in [0, 0.05) is 30.9 Å². The second-order valence-electron chi connectivity index (χ2n) is 5.55. The van der Waals surface area contributed by atoms with Crippen LogP contribution in [0, 0.1) is 6.92 Å². The zero-order valence-electron chi connectivity index (χ0n) is 12.0. The standard InChI is InChI=1S/C15H23N3O/c1-11-9-12(6-7-14(11)16)15(19)18(3)13-5-4-8-17(2)10-13/h6-7,9,13H,4-5,8,10,16H2,1-3H3. The lowest BCUT2D eigenvalue weighted by Crippen LogP contribution is -2.47. The Kier molecular flexibility index (Phi) is 4.10. The fourth-order valence-corrected chi connectivity index (χ4v) is 2.63. The highest BCUT2D eigenvalue weighted by molar-refractivity contribution is 5.95. The summed E-state index contributed by atoms with van der Waals surface area (Å²) in [4.78, 5) is 16.6. The summed E-state index contributed by atoms with van der Waals surface area (Å²) in [7, 11) is 4.01. The molecule has 1 heterocycles. The van der Waals surface area contributed by atoms with Crippen LogP contribution in [0.3, 0.4) is 0 Å². The number of nitrogens with two attached hydrogens (primary N) is 1. The number of aryl methyl sites for hydroxylation is 1. The van der Waals surface area contributed by atoms with Gasteiger partial charge in [0.1, 0.15) is 0 Å². The van der Waals surface area contributed by atoms with Crippen molar-refractivity contribution in [2.75, 3.05) is 32.9 Å². The van der Waals surface area contributed by atoms with Gasteiger partial charge in [-0.15, -0.1) is 0 Å². The zero-order chi connectivity index (χ0) is 14.0. The molecule has 1 aliphatic heterocycles. The molecule has 1 aromatic carbocycles. The maximum absolute atomic E-state index is 12.5. The number of nitrogen functional groups attached to an aromatic ring is 1. The maximum Gasteiger partial charge on any atom is 0.253 e. The van der Waals surface area contributed by atoms with Crippen molar-refractivity contribution < 1.29 is 4.79 Å². The van der Waals surface area contributed by atoms with Crippen LogP contribution >= 0.6 is 0 Å². The molecular formula is C15H23N3O. The van der Waals surface area contributed by atoms with E-state index in [0.717, 1.165) is 42.7 Å². The van der Waals surface area contributed by atoms with E-state index < -0.39 is 0 Å². The predicted molar refractivity (Wildman–Crippen MR) is 78.2 cm³/mol. The molecule has 19 heavy (non-hydrogen) atoms. The number of likely N-dealkylation sites (N-methyl/N-ethyl adjacent to an activating group) is 2. The summed E-state index contributed by atoms with van der Waals surface area (Å²) in [6, 6.07) is 5.81. The van der Waals surface area contributed by atoms with Crippen molar-refractivity contribution in [3.05, 3.63) is 29.3 Å². The number of nitrogens with zero attached hydrogens (tertiary/aromatic N) is 2. The van der Waals surface area contributed by atoms with Crippen molar-refractivity contribution in [1.29, 1.82) is 0 Å². The summed E-state index contributed by atoms with van der Waals surface area (Å²) >= 11 is 0. The average Bonchev–Trinajstić information content (AvgIpc) is 2.40. The van der Waals surface area contributed by atoms with Gasteiger partial charge < -0.3 is 15.5 Å². The third-order valence-electron chi connectivity index (χ3n) is 3.98. The number of hydrogen-bond acceptors (Lipinski definition) is 3. The Morgan fingerprint density at radius 1 is 1.47 bits per heavy atom. The van der Waals surface area contributed by atoms with Crippen LogP contribution in [-0.4, -0.2) is 48.9 Å². The Morgan fingerprint density at radius 3 is 2.84 bits per heavy atom. The second-order valence-corrected chi connectivity index (χ2v) is 5.55. The summed E-state index contributed by atoms with van der Waals surface area (Å²) in [5.41, 5.74) is 8.21. The van der Waals surface area contributed by atoms with Gasteiger partial charge in [-0.1, -0.05) is 0 Å². The Hall–Kier alpha value is -1.55. The highest BCUT2D eigenvalue weighted by atomic mass is 16.2. The largest absolute Gasteiger partial charge is 0.399 e. The van der Waals surface area contributed by atoms with Crippen LogP contribution < -0.4 is 5.73 Å². The summed E-state index contributed by atoms with van der Waals surface area (Å²) in [5, 5.41) is 0. The maximum atomic E-state index is 12.5. The molecule has 1 atom stereocenters. The molecule has 4 heteroatoms. The number of carbonyl (C=O) groups excluding carboxylic acids is 1. The fraction of sp³-hybridized carbons (Fsp3) is 0.533. The van der Waals surface area contributed by atoms with Crippen LogP contribution in [0.1, 0.15) is 28.8 Å². The van der Waals surface area contributed by atoms with Crippen molar-refractivity contribution in [3.8, 4) is 0 Å². The third-order valence-corrected chi connectivity index (χ3v) is 3.98. The van der Waals surface area contributed by atoms with Gasteiger partial charge >= 0.3 is 0 Å². The first kappa shape index (κ1) is 13.9. The first-order valence-corrected chi connectivity index (χ1v) is 6.81. The van der Waals surface area contributed by atoms with Gasteiger partial charge in [-0.25, -0.2) is 0 Å². The lowest BCUT2D eigenvalue weighted by molar-refractivity contribution is 0.0644. The van der Waals surface area contributed by atoms with E-state index in [1.54, 1.807) is 0 Å². The molecule has 0 bridgehead atoms. The molecule has 2 rings (SSSR count). The number of hydrogen-bond donors (Lipinski definition) is 1. The molecule has 0 aromatic heterocycles. The minimum absolute atomic E-state index is 0.0865. The van der Waals surface area contributed by atoms with E-state index in [1.807, 2.05) is 37.1 Å². The van der Waals surface area contributed by atoms with Gasteiger partial charge in [0.2, 0.25) is 0 Å². The Morgan fingerprint density at radius 2 is 2.21 bits per heavy atom. The second kappa shape index (κ2) is 5.61. The van der Waals surface area contributed by atoms with E-state index >= 15 is 0 Å². The Labute approximate surface area is 115 Å². The van der Waals surface area contributed by atoms with Gasteiger partial charge in [0.05, 0.1) is 0 Å². The molecule has 1 unspecified atom stereocenters. The molecule has 0 radical (unpaired) electrons. The van der Waals surface area contributed by atoms with E-state index in [2.05, 4.69) is 11.9 Å². The van der Waals surface area contributed by atoms with Crippen molar-refractivity contribution in [2.45, 2.75) is 25.8 Å². The van der Waals surface area contributed by atoms with Crippen LogP contribution in [0.15, 0.2) is 18.2 Å². The molecule has 1 aliphatic rings. The van der Waals surface area contributed by atoms with Gasteiger partial charge in [0.25, 0.3) is 5.91 Å². The van der Waals surface area contributed by atoms with Crippen LogP contribution in [-0.2, 0) is 0 Å². The molecule has 4 nitrogen and oxygen atoms in total. The van der Waals surface area contributed by atoms with Gasteiger partial charge in [-0.3, -0.25) is 4.79 Å². The topological polar surface area (TPSA) is 49.6 Å². The molecule has 0 aliphatic carbocycles. The molecule has 104 valence electrons. The lowest BCUT2D eigenvalue weighted by atomic mass is 10.0. The highest BCUT2D eigenvalue weighted by Gasteiger charge is 2.25. The zero-order valence-corrected chi connectivity index (χ0v) is 12.0. The van der Waals surface area contributed by atoms with Crippen molar-refractivity contribution in [3.63, 3.8) is 0 Å². The molecule has 1 aromatic rings. The molecular weight excluding hydrogens is 238 g/mol. The quantitative estimate of drug-likeness (QED) is 0.825. The van der Waals surface area contributed by atoms with Crippen LogP contribution in [0.5, 0.6) is 0 Å². The lowest BCUT2D eigenvalue weighted by Gasteiger charge is -2.36. The number of benzene rings is 1. The highest BCUT2D eigenvalue weighted by Crippen LogP contribution is 2.18.